The molecule has 0 aromatic heterocycles. The van der Waals surface area contributed by atoms with Gasteiger partial charge in [0, 0.05) is 0 Å². The molecule has 1 atom stereocenters. The summed E-state index contributed by atoms with van der Waals surface area (Å²) in [6.45, 7) is 3.36. The molecule has 106 valence electrons. The van der Waals surface area contributed by atoms with Crippen molar-refractivity contribution >= 4 is 17.5 Å². The van der Waals surface area contributed by atoms with E-state index in [2.05, 4.69) is 5.32 Å². The Balaban J connectivity index is 2.04. The zero-order valence-corrected chi connectivity index (χ0v) is 11.6. The van der Waals surface area contributed by atoms with Crippen LogP contribution in [-0.4, -0.2) is 23.9 Å². The van der Waals surface area contributed by atoms with Crippen LogP contribution in [-0.2, 0) is 9.59 Å². The van der Waals surface area contributed by atoms with Crippen molar-refractivity contribution in [3.8, 4) is 0 Å². The molecule has 3 rings (SSSR count). The number of hydrogen-bond acceptors (Lipinski definition) is 2. The van der Waals surface area contributed by atoms with Crippen molar-refractivity contribution < 1.29 is 14.0 Å². The minimum Gasteiger partial charge on any atom is -0.340 e. The van der Waals surface area contributed by atoms with Gasteiger partial charge in [0.2, 0.25) is 5.91 Å². The van der Waals surface area contributed by atoms with Crippen LogP contribution in [0.3, 0.4) is 0 Å². The Kier molecular flexibility index (Phi) is 2.81. The molecule has 1 aliphatic heterocycles. The summed E-state index contributed by atoms with van der Waals surface area (Å²) < 4.78 is 14.1. The van der Waals surface area contributed by atoms with E-state index in [9.17, 15) is 14.0 Å². The van der Waals surface area contributed by atoms with Gasteiger partial charge in [-0.25, -0.2) is 4.39 Å². The highest BCUT2D eigenvalue weighted by Crippen LogP contribution is 2.42. The molecule has 1 unspecified atom stereocenters. The molecule has 4 nitrogen and oxygen atoms in total. The number of rotatable bonds is 2. The number of halogens is 1. The zero-order chi connectivity index (χ0) is 14.5. The lowest BCUT2D eigenvalue weighted by Gasteiger charge is -2.40. The lowest BCUT2D eigenvalue weighted by Crippen LogP contribution is -2.66. The van der Waals surface area contributed by atoms with E-state index in [1.165, 1.54) is 11.0 Å². The van der Waals surface area contributed by atoms with Gasteiger partial charge in [-0.3, -0.25) is 14.5 Å². The number of nitrogens with zero attached hydrogens (tertiary/aromatic N) is 1. The standard InChI is InChI=1S/C15H17FN2O2/c1-9-4-3-5-11(16)13(9)18-8-12(19)17-15(2,14(18)20)10-6-7-10/h3-5,10H,6-8H2,1-2H3,(H,17,19). The molecule has 0 spiro atoms. The van der Waals surface area contributed by atoms with Crippen LogP contribution in [0.4, 0.5) is 10.1 Å². The highest BCUT2D eigenvalue weighted by molar-refractivity contribution is 6.09. The Morgan fingerprint density at radius 1 is 1.35 bits per heavy atom. The molecule has 20 heavy (non-hydrogen) atoms. The molecule has 1 saturated carbocycles. The normalized spacial score (nSPS) is 26.6. The monoisotopic (exact) mass is 276 g/mol. The predicted molar refractivity (Wildman–Crippen MR) is 72.8 cm³/mol. The quantitative estimate of drug-likeness (QED) is 0.895. The number of aryl methyl sites for hydroxylation is 1. The van der Waals surface area contributed by atoms with Crippen molar-refractivity contribution in [1.82, 2.24) is 5.32 Å². The van der Waals surface area contributed by atoms with Crippen LogP contribution in [0.5, 0.6) is 0 Å². The van der Waals surface area contributed by atoms with Crippen LogP contribution in [0.25, 0.3) is 0 Å². The predicted octanol–water partition coefficient (Wildman–Crippen LogP) is 1.77. The summed E-state index contributed by atoms with van der Waals surface area (Å²) in [5.74, 6) is -0.755. The summed E-state index contributed by atoms with van der Waals surface area (Å²) in [4.78, 5) is 26.0. The van der Waals surface area contributed by atoms with Crippen molar-refractivity contribution in [2.45, 2.75) is 32.2 Å². The maximum Gasteiger partial charge on any atom is 0.253 e. The summed E-state index contributed by atoms with van der Waals surface area (Å²) in [6, 6.07) is 4.66. The molecule has 1 N–H and O–H groups in total. The first-order chi connectivity index (χ1) is 9.43. The summed E-state index contributed by atoms with van der Waals surface area (Å²) in [5, 5.41) is 2.79. The average molecular weight is 276 g/mol. The fraction of sp³-hybridized carbons (Fsp3) is 0.467. The lowest BCUT2D eigenvalue weighted by atomic mass is 9.91. The molecule has 1 saturated heterocycles. The third-order valence-electron chi connectivity index (χ3n) is 4.24. The molecule has 0 radical (unpaired) electrons. The average Bonchev–Trinajstić information content (AvgIpc) is 3.19. The molecule has 2 fully saturated rings. The second kappa shape index (κ2) is 4.30. The fourth-order valence-electron chi connectivity index (χ4n) is 2.96. The number of piperazine rings is 1. The van der Waals surface area contributed by atoms with Crippen molar-refractivity contribution in [1.29, 1.82) is 0 Å². The smallest absolute Gasteiger partial charge is 0.253 e. The lowest BCUT2D eigenvalue weighted by molar-refractivity contribution is -0.136. The number of para-hydroxylation sites is 1. The first-order valence-corrected chi connectivity index (χ1v) is 6.81. The van der Waals surface area contributed by atoms with E-state index in [1.54, 1.807) is 26.0 Å². The minimum atomic E-state index is -0.899. The molecular weight excluding hydrogens is 259 g/mol. The van der Waals surface area contributed by atoms with Crippen LogP contribution < -0.4 is 10.2 Å². The third-order valence-corrected chi connectivity index (χ3v) is 4.24. The van der Waals surface area contributed by atoms with Gasteiger partial charge >= 0.3 is 0 Å². The fourth-order valence-corrected chi connectivity index (χ4v) is 2.96. The van der Waals surface area contributed by atoms with Crippen LogP contribution in [0.2, 0.25) is 0 Å². The molecule has 5 heteroatoms. The van der Waals surface area contributed by atoms with Crippen LogP contribution in [0, 0.1) is 18.7 Å². The number of carbonyl (C=O) groups is 2. The van der Waals surface area contributed by atoms with Crippen molar-refractivity contribution in [3.05, 3.63) is 29.6 Å². The number of benzene rings is 1. The van der Waals surface area contributed by atoms with Gasteiger partial charge in [0.1, 0.15) is 17.9 Å². The maximum absolute atomic E-state index is 14.1. The van der Waals surface area contributed by atoms with Crippen LogP contribution in [0.15, 0.2) is 18.2 Å². The first-order valence-electron chi connectivity index (χ1n) is 6.81. The Bertz CT molecular complexity index is 577. The summed E-state index contributed by atoms with van der Waals surface area (Å²) in [5.41, 5.74) is -0.0187. The Morgan fingerprint density at radius 2 is 2.05 bits per heavy atom. The topological polar surface area (TPSA) is 49.4 Å². The van der Waals surface area contributed by atoms with E-state index in [0.29, 0.717) is 5.56 Å². The summed E-state index contributed by atoms with van der Waals surface area (Å²) in [7, 11) is 0. The van der Waals surface area contributed by atoms with E-state index in [4.69, 9.17) is 0 Å². The Hall–Kier alpha value is -1.91. The first kappa shape index (κ1) is 13.1. The molecule has 1 heterocycles. The van der Waals surface area contributed by atoms with Gasteiger partial charge in [-0.05, 0) is 44.2 Å². The van der Waals surface area contributed by atoms with Gasteiger partial charge in [0.25, 0.3) is 5.91 Å². The highest BCUT2D eigenvalue weighted by Gasteiger charge is 2.53. The Morgan fingerprint density at radius 3 is 2.65 bits per heavy atom. The molecular formula is C15H17FN2O2. The zero-order valence-electron chi connectivity index (χ0n) is 11.6. The van der Waals surface area contributed by atoms with Gasteiger partial charge in [-0.15, -0.1) is 0 Å². The number of amides is 2. The second-order valence-corrected chi connectivity index (χ2v) is 5.82. The van der Waals surface area contributed by atoms with Gasteiger partial charge < -0.3 is 5.32 Å². The Labute approximate surface area is 117 Å². The molecule has 1 aromatic rings. The molecule has 2 amide bonds. The third kappa shape index (κ3) is 1.88. The van der Waals surface area contributed by atoms with Crippen molar-refractivity contribution in [2.24, 2.45) is 5.92 Å². The number of anilines is 1. The van der Waals surface area contributed by atoms with Crippen LogP contribution >= 0.6 is 0 Å². The molecule has 1 aliphatic carbocycles. The number of carbonyl (C=O) groups excluding carboxylic acids is 2. The van der Waals surface area contributed by atoms with Crippen LogP contribution in [0.1, 0.15) is 25.3 Å². The van der Waals surface area contributed by atoms with Gasteiger partial charge in [-0.2, -0.15) is 0 Å². The maximum atomic E-state index is 14.1. The summed E-state index contributed by atoms with van der Waals surface area (Å²) in [6.07, 6.45) is 1.85. The molecule has 0 bridgehead atoms. The molecule has 2 aliphatic rings. The largest absolute Gasteiger partial charge is 0.340 e. The minimum absolute atomic E-state index is 0.122. The van der Waals surface area contributed by atoms with E-state index in [0.717, 1.165) is 12.8 Å². The van der Waals surface area contributed by atoms with Crippen molar-refractivity contribution in [3.63, 3.8) is 0 Å². The van der Waals surface area contributed by atoms with Gasteiger partial charge in [-0.1, -0.05) is 12.1 Å². The SMILES string of the molecule is Cc1cccc(F)c1N1CC(=O)NC(C)(C2CC2)C1=O. The highest BCUT2D eigenvalue weighted by atomic mass is 19.1. The summed E-state index contributed by atoms with van der Waals surface area (Å²) >= 11 is 0. The van der Waals surface area contributed by atoms with Crippen molar-refractivity contribution in [2.75, 3.05) is 11.4 Å². The van der Waals surface area contributed by atoms with E-state index >= 15 is 0 Å². The van der Waals surface area contributed by atoms with E-state index in [-0.39, 0.29) is 30.0 Å². The van der Waals surface area contributed by atoms with Gasteiger partial charge in [0.05, 0.1) is 5.69 Å². The number of hydrogen-bond donors (Lipinski definition) is 1. The second-order valence-electron chi connectivity index (χ2n) is 5.82. The van der Waals surface area contributed by atoms with E-state index in [1.807, 2.05) is 0 Å². The van der Waals surface area contributed by atoms with E-state index < -0.39 is 11.4 Å². The molecule has 1 aromatic carbocycles. The van der Waals surface area contributed by atoms with Gasteiger partial charge in [0.15, 0.2) is 0 Å². The number of nitrogens with one attached hydrogen (secondary N) is 1.